The molecule has 0 unspecified atom stereocenters. The van der Waals surface area contributed by atoms with Gasteiger partial charge in [-0.2, -0.15) is 13.2 Å². The van der Waals surface area contributed by atoms with Crippen LogP contribution in [-0.4, -0.2) is 29.1 Å². The first-order valence-electron chi connectivity index (χ1n) is 11.4. The number of hydrogen-bond donors (Lipinski definition) is 0. The maximum atomic E-state index is 13.7. The van der Waals surface area contributed by atoms with Crippen LogP contribution in [0.1, 0.15) is 18.1 Å². The Morgan fingerprint density at radius 2 is 1.64 bits per heavy atom. The summed E-state index contributed by atoms with van der Waals surface area (Å²) in [5, 5.41) is 1.21. The molecule has 0 saturated carbocycles. The van der Waals surface area contributed by atoms with Crippen LogP contribution in [0.4, 0.5) is 24.5 Å². The molecule has 36 heavy (non-hydrogen) atoms. The smallest absolute Gasteiger partial charge is 0.334 e. The molecular formula is C27H22F3N3OS2. The molecule has 0 aliphatic carbocycles. The molecule has 9 heteroatoms. The highest BCUT2D eigenvalue weighted by Gasteiger charge is 2.39. The molecule has 0 N–H and O–H groups in total. The predicted octanol–water partition coefficient (Wildman–Crippen LogP) is 7.31. The fourth-order valence-corrected chi connectivity index (χ4v) is 6.50. The van der Waals surface area contributed by atoms with Crippen molar-refractivity contribution in [2.24, 2.45) is 4.99 Å². The van der Waals surface area contributed by atoms with Gasteiger partial charge in [0, 0.05) is 18.0 Å². The number of carbonyl (C=O) groups is 1. The first-order valence-corrected chi connectivity index (χ1v) is 13.1. The SMILES string of the molecule is CCN1/C(=C2/SC(=Nc3cccc(C(F)(F)F)c3)N(CCc3ccccc3)C2=O)Sc2ccccc21. The van der Waals surface area contributed by atoms with Crippen LogP contribution in [0, 0.1) is 0 Å². The van der Waals surface area contributed by atoms with E-state index in [0.29, 0.717) is 29.6 Å². The van der Waals surface area contributed by atoms with Crippen LogP contribution >= 0.6 is 23.5 Å². The Labute approximate surface area is 215 Å². The zero-order valence-electron chi connectivity index (χ0n) is 19.3. The Bertz CT molecular complexity index is 1360. The monoisotopic (exact) mass is 525 g/mol. The molecule has 1 fully saturated rings. The number of rotatable bonds is 5. The molecule has 2 aliphatic rings. The summed E-state index contributed by atoms with van der Waals surface area (Å²) in [5.74, 6) is -0.185. The van der Waals surface area contributed by atoms with Crippen LogP contribution in [-0.2, 0) is 17.4 Å². The quantitative estimate of drug-likeness (QED) is 0.327. The molecule has 5 rings (SSSR count). The third-order valence-electron chi connectivity index (χ3n) is 5.85. The van der Waals surface area contributed by atoms with Crippen molar-refractivity contribution in [3.8, 4) is 0 Å². The van der Waals surface area contributed by atoms with Gasteiger partial charge < -0.3 is 4.90 Å². The summed E-state index contributed by atoms with van der Waals surface area (Å²) in [6, 6.07) is 22.6. The first-order chi connectivity index (χ1) is 17.3. The number of amidine groups is 1. The first kappa shape index (κ1) is 24.5. The molecule has 1 saturated heterocycles. The van der Waals surface area contributed by atoms with Crippen molar-refractivity contribution >= 4 is 46.0 Å². The van der Waals surface area contributed by atoms with Crippen LogP contribution in [0.25, 0.3) is 0 Å². The van der Waals surface area contributed by atoms with Crippen molar-refractivity contribution < 1.29 is 18.0 Å². The van der Waals surface area contributed by atoms with E-state index in [0.717, 1.165) is 33.3 Å². The standard InChI is InChI=1S/C27H22F3N3OS2/c1-2-32-21-13-6-7-14-22(21)35-25(32)23-24(34)33(16-15-18-9-4-3-5-10-18)26(36-23)31-20-12-8-11-19(17-20)27(28,29)30/h3-14,17H,2,15-16H2,1H3/b25-23-,31-26?. The van der Waals surface area contributed by atoms with Crippen molar-refractivity contribution in [3.63, 3.8) is 0 Å². The van der Waals surface area contributed by atoms with Gasteiger partial charge in [-0.15, -0.1) is 0 Å². The Kier molecular flexibility index (Phi) is 6.85. The number of halogens is 3. The van der Waals surface area contributed by atoms with Gasteiger partial charge in [0.1, 0.15) is 9.93 Å². The second kappa shape index (κ2) is 10.1. The molecule has 2 aliphatic heterocycles. The summed E-state index contributed by atoms with van der Waals surface area (Å²) in [5.41, 5.74) is 1.49. The van der Waals surface area contributed by atoms with Crippen LogP contribution in [0.5, 0.6) is 0 Å². The lowest BCUT2D eigenvalue weighted by Gasteiger charge is -2.19. The number of nitrogens with zero attached hydrogens (tertiary/aromatic N) is 3. The molecule has 3 aromatic rings. The van der Waals surface area contributed by atoms with E-state index in [4.69, 9.17) is 0 Å². The molecule has 0 atom stereocenters. The number of anilines is 1. The van der Waals surface area contributed by atoms with Gasteiger partial charge in [0.05, 0.1) is 16.9 Å². The Balaban J connectivity index is 1.53. The fraction of sp³-hybridized carbons (Fsp3) is 0.185. The lowest BCUT2D eigenvalue weighted by atomic mass is 10.1. The van der Waals surface area contributed by atoms with Gasteiger partial charge >= 0.3 is 6.18 Å². The maximum absolute atomic E-state index is 13.7. The van der Waals surface area contributed by atoms with Gasteiger partial charge in [-0.25, -0.2) is 4.99 Å². The minimum atomic E-state index is -4.47. The number of thioether (sulfide) groups is 2. The summed E-state index contributed by atoms with van der Waals surface area (Å²) in [7, 11) is 0. The zero-order chi connectivity index (χ0) is 25.3. The second-order valence-corrected chi connectivity index (χ2v) is 10.2. The van der Waals surface area contributed by atoms with Gasteiger partial charge in [0.2, 0.25) is 0 Å². The van der Waals surface area contributed by atoms with Crippen molar-refractivity contribution in [1.29, 1.82) is 0 Å². The third kappa shape index (κ3) is 4.90. The number of benzene rings is 3. The number of amides is 1. The predicted molar refractivity (Wildman–Crippen MR) is 140 cm³/mol. The molecule has 4 nitrogen and oxygen atoms in total. The number of alkyl halides is 3. The molecule has 0 aromatic heterocycles. The zero-order valence-corrected chi connectivity index (χ0v) is 21.0. The largest absolute Gasteiger partial charge is 0.416 e. The highest BCUT2D eigenvalue weighted by atomic mass is 32.2. The lowest BCUT2D eigenvalue weighted by molar-refractivity contribution is -0.137. The van der Waals surface area contributed by atoms with E-state index in [1.165, 1.54) is 35.7 Å². The van der Waals surface area contributed by atoms with E-state index >= 15 is 0 Å². The number of hydrogen-bond acceptors (Lipinski definition) is 5. The maximum Gasteiger partial charge on any atom is 0.416 e. The summed E-state index contributed by atoms with van der Waals surface area (Å²) in [4.78, 5) is 23.5. The highest BCUT2D eigenvalue weighted by molar-refractivity contribution is 8.19. The number of fused-ring (bicyclic) bond motifs is 1. The minimum absolute atomic E-state index is 0.158. The van der Waals surface area contributed by atoms with E-state index in [1.54, 1.807) is 4.90 Å². The highest BCUT2D eigenvalue weighted by Crippen LogP contribution is 2.50. The minimum Gasteiger partial charge on any atom is -0.334 e. The summed E-state index contributed by atoms with van der Waals surface area (Å²) in [6.07, 6.45) is -3.87. The van der Waals surface area contributed by atoms with Crippen molar-refractivity contribution in [2.45, 2.75) is 24.4 Å². The Hall–Kier alpha value is -3.17. The molecule has 184 valence electrons. The molecule has 0 bridgehead atoms. The van der Waals surface area contributed by atoms with Gasteiger partial charge in [-0.1, -0.05) is 60.3 Å². The Morgan fingerprint density at radius 1 is 0.889 bits per heavy atom. The van der Waals surface area contributed by atoms with Crippen LogP contribution < -0.4 is 4.90 Å². The van der Waals surface area contributed by atoms with E-state index in [2.05, 4.69) is 9.89 Å². The van der Waals surface area contributed by atoms with Gasteiger partial charge in [-0.05, 0) is 61.0 Å². The van der Waals surface area contributed by atoms with Crippen molar-refractivity contribution in [1.82, 2.24) is 4.90 Å². The second-order valence-electron chi connectivity index (χ2n) is 8.19. The molecular weight excluding hydrogens is 503 g/mol. The molecule has 3 aromatic carbocycles. The molecule has 1 amide bonds. The van der Waals surface area contributed by atoms with E-state index in [9.17, 15) is 18.0 Å². The van der Waals surface area contributed by atoms with Crippen molar-refractivity contribution in [3.05, 3.63) is 99.9 Å². The Morgan fingerprint density at radius 3 is 2.39 bits per heavy atom. The van der Waals surface area contributed by atoms with E-state index < -0.39 is 11.7 Å². The fourth-order valence-electron chi connectivity index (χ4n) is 4.08. The molecule has 2 heterocycles. The number of aliphatic imine (C=N–C) groups is 1. The van der Waals surface area contributed by atoms with Crippen LogP contribution in [0.2, 0.25) is 0 Å². The molecule has 0 spiro atoms. The average molecular weight is 526 g/mol. The summed E-state index contributed by atoms with van der Waals surface area (Å²) in [6.45, 7) is 3.08. The lowest BCUT2D eigenvalue weighted by Crippen LogP contribution is -2.32. The number of carbonyl (C=O) groups excluding carboxylic acids is 1. The topological polar surface area (TPSA) is 35.9 Å². The van der Waals surface area contributed by atoms with Crippen LogP contribution in [0.3, 0.4) is 0 Å². The summed E-state index contributed by atoms with van der Waals surface area (Å²) < 4.78 is 39.8. The van der Waals surface area contributed by atoms with E-state index in [-0.39, 0.29) is 11.6 Å². The van der Waals surface area contributed by atoms with Crippen LogP contribution in [0.15, 0.2) is 98.7 Å². The third-order valence-corrected chi connectivity index (χ3v) is 8.23. The average Bonchev–Trinajstić information content (AvgIpc) is 3.39. The van der Waals surface area contributed by atoms with Crippen molar-refractivity contribution in [2.75, 3.05) is 18.0 Å². The number of para-hydroxylation sites is 1. The normalized spacial score (nSPS) is 18.9. The summed E-state index contributed by atoms with van der Waals surface area (Å²) >= 11 is 2.75. The van der Waals surface area contributed by atoms with E-state index in [1.807, 2.05) is 61.5 Å². The van der Waals surface area contributed by atoms with Gasteiger partial charge in [-0.3, -0.25) is 9.69 Å². The van der Waals surface area contributed by atoms with Gasteiger partial charge in [0.25, 0.3) is 5.91 Å². The van der Waals surface area contributed by atoms with Gasteiger partial charge in [0.15, 0.2) is 5.17 Å². The molecule has 0 radical (unpaired) electrons.